The predicted octanol–water partition coefficient (Wildman–Crippen LogP) is 3.93. The number of thioether (sulfide) groups is 1. The number of hydrogen-bond donors (Lipinski definition) is 1. The van der Waals surface area contributed by atoms with Crippen LogP contribution in [0.3, 0.4) is 0 Å². The number of phenols is 1. The number of hydrogen-bond acceptors (Lipinski definition) is 2. The van der Waals surface area contributed by atoms with Crippen molar-refractivity contribution in [1.29, 1.82) is 0 Å². The van der Waals surface area contributed by atoms with E-state index in [1.807, 2.05) is 0 Å². The second-order valence-corrected chi connectivity index (χ2v) is 6.30. The monoisotopic (exact) mass is 272 g/mol. The highest BCUT2D eigenvalue weighted by atomic mass is 79.9. The van der Waals surface area contributed by atoms with E-state index >= 15 is 0 Å². The minimum Gasteiger partial charge on any atom is -0.507 e. The van der Waals surface area contributed by atoms with Crippen molar-refractivity contribution in [2.45, 2.75) is 30.6 Å². The molecule has 1 nitrogen and oxygen atoms in total. The van der Waals surface area contributed by atoms with Crippen LogP contribution in [0.4, 0.5) is 0 Å². The van der Waals surface area contributed by atoms with Crippen molar-refractivity contribution < 1.29 is 5.11 Å². The van der Waals surface area contributed by atoms with Gasteiger partial charge in [-0.25, -0.2) is 0 Å². The van der Waals surface area contributed by atoms with Crippen LogP contribution >= 0.6 is 27.7 Å². The van der Waals surface area contributed by atoms with Gasteiger partial charge in [-0.1, -0.05) is 29.8 Å². The SMILES string of the molecule is CC1(C)CCSc2c(O)cc(Br)cc21. The summed E-state index contributed by atoms with van der Waals surface area (Å²) in [6, 6.07) is 3.90. The van der Waals surface area contributed by atoms with E-state index in [1.54, 1.807) is 17.8 Å². The van der Waals surface area contributed by atoms with E-state index in [2.05, 4.69) is 35.8 Å². The summed E-state index contributed by atoms with van der Waals surface area (Å²) in [5.74, 6) is 1.50. The van der Waals surface area contributed by atoms with E-state index in [0.717, 1.165) is 15.1 Å². The lowest BCUT2D eigenvalue weighted by atomic mass is 9.82. The maximum absolute atomic E-state index is 9.82. The molecular formula is C11H13BrOS. The predicted molar refractivity (Wildman–Crippen MR) is 64.2 cm³/mol. The summed E-state index contributed by atoms with van der Waals surface area (Å²) in [5.41, 5.74) is 1.45. The highest BCUT2D eigenvalue weighted by molar-refractivity contribution is 9.10. The molecule has 0 aromatic heterocycles. The van der Waals surface area contributed by atoms with E-state index in [1.165, 1.54) is 12.0 Å². The van der Waals surface area contributed by atoms with Crippen molar-refractivity contribution in [3.05, 3.63) is 22.2 Å². The van der Waals surface area contributed by atoms with Gasteiger partial charge in [0.1, 0.15) is 5.75 Å². The molecule has 76 valence electrons. The molecule has 1 N–H and O–H groups in total. The van der Waals surface area contributed by atoms with Gasteiger partial charge in [0.15, 0.2) is 0 Å². The molecule has 0 unspecified atom stereocenters. The van der Waals surface area contributed by atoms with Crippen LogP contribution in [0.5, 0.6) is 5.75 Å². The van der Waals surface area contributed by atoms with Crippen molar-refractivity contribution in [3.8, 4) is 5.75 Å². The molecule has 0 saturated heterocycles. The van der Waals surface area contributed by atoms with Gasteiger partial charge in [-0.3, -0.25) is 0 Å². The van der Waals surface area contributed by atoms with Crippen LogP contribution in [0.25, 0.3) is 0 Å². The van der Waals surface area contributed by atoms with Gasteiger partial charge in [-0.05, 0) is 35.3 Å². The summed E-state index contributed by atoms with van der Waals surface area (Å²) < 4.78 is 0.962. The van der Waals surface area contributed by atoms with Crippen molar-refractivity contribution in [1.82, 2.24) is 0 Å². The average molecular weight is 273 g/mol. The Labute approximate surface area is 97.0 Å². The Kier molecular flexibility index (Phi) is 2.56. The maximum atomic E-state index is 9.82. The van der Waals surface area contributed by atoms with Crippen molar-refractivity contribution >= 4 is 27.7 Å². The molecule has 2 rings (SSSR count). The van der Waals surface area contributed by atoms with Gasteiger partial charge >= 0.3 is 0 Å². The summed E-state index contributed by atoms with van der Waals surface area (Å²) in [5, 5.41) is 9.82. The van der Waals surface area contributed by atoms with Crippen LogP contribution in [0, 0.1) is 0 Å². The maximum Gasteiger partial charge on any atom is 0.130 e. The number of halogens is 1. The summed E-state index contributed by atoms with van der Waals surface area (Å²) in [4.78, 5) is 1.06. The van der Waals surface area contributed by atoms with Crippen LogP contribution in [0.15, 0.2) is 21.5 Å². The first-order valence-corrected chi connectivity index (χ1v) is 6.44. The molecule has 0 spiro atoms. The molecule has 0 atom stereocenters. The van der Waals surface area contributed by atoms with Crippen molar-refractivity contribution in [2.75, 3.05) is 5.75 Å². The Morgan fingerprint density at radius 2 is 2.14 bits per heavy atom. The summed E-state index contributed by atoms with van der Waals surface area (Å²) >= 11 is 5.18. The third-order valence-corrected chi connectivity index (χ3v) is 4.32. The largest absolute Gasteiger partial charge is 0.507 e. The van der Waals surface area contributed by atoms with E-state index in [4.69, 9.17) is 0 Å². The molecule has 1 aromatic rings. The quantitative estimate of drug-likeness (QED) is 0.773. The molecule has 1 aliphatic rings. The Morgan fingerprint density at radius 1 is 1.43 bits per heavy atom. The van der Waals surface area contributed by atoms with Gasteiger partial charge in [0.2, 0.25) is 0 Å². The number of phenolic OH excluding ortho intramolecular Hbond substituents is 1. The lowest BCUT2D eigenvalue weighted by Gasteiger charge is -2.32. The molecular weight excluding hydrogens is 260 g/mol. The Balaban J connectivity index is 2.63. The first kappa shape index (κ1) is 10.4. The fraction of sp³-hybridized carbons (Fsp3) is 0.455. The molecule has 0 radical (unpaired) electrons. The van der Waals surface area contributed by atoms with Gasteiger partial charge < -0.3 is 5.11 Å². The van der Waals surface area contributed by atoms with Gasteiger partial charge in [-0.15, -0.1) is 11.8 Å². The minimum absolute atomic E-state index is 0.182. The van der Waals surface area contributed by atoms with Crippen LogP contribution in [-0.2, 0) is 5.41 Å². The smallest absolute Gasteiger partial charge is 0.130 e. The third-order valence-electron chi connectivity index (χ3n) is 2.74. The topological polar surface area (TPSA) is 20.2 Å². The summed E-state index contributed by atoms with van der Waals surface area (Å²) in [7, 11) is 0. The molecule has 0 amide bonds. The van der Waals surface area contributed by atoms with E-state index in [-0.39, 0.29) is 5.41 Å². The van der Waals surface area contributed by atoms with Crippen molar-refractivity contribution in [3.63, 3.8) is 0 Å². The normalized spacial score (nSPS) is 19.1. The van der Waals surface area contributed by atoms with Gasteiger partial charge in [0, 0.05) is 4.47 Å². The number of benzene rings is 1. The standard InChI is InChI=1S/C11H13BrOS/c1-11(2)3-4-14-10-8(11)5-7(12)6-9(10)13/h5-6,13H,3-4H2,1-2H3. The van der Waals surface area contributed by atoms with E-state index in [0.29, 0.717) is 5.75 Å². The molecule has 0 bridgehead atoms. The van der Waals surface area contributed by atoms with Gasteiger partial charge in [0.25, 0.3) is 0 Å². The second kappa shape index (κ2) is 3.46. The highest BCUT2D eigenvalue weighted by Crippen LogP contribution is 2.46. The summed E-state index contributed by atoms with van der Waals surface area (Å²) in [6.45, 7) is 4.47. The number of rotatable bonds is 0. The van der Waals surface area contributed by atoms with Crippen LogP contribution in [-0.4, -0.2) is 10.9 Å². The zero-order valence-electron chi connectivity index (χ0n) is 8.30. The Bertz CT molecular complexity index is 374. The lowest BCUT2D eigenvalue weighted by molar-refractivity contribution is 0.440. The molecule has 0 saturated carbocycles. The van der Waals surface area contributed by atoms with Gasteiger partial charge in [0.05, 0.1) is 4.90 Å². The molecule has 14 heavy (non-hydrogen) atoms. The first-order chi connectivity index (χ1) is 6.50. The Morgan fingerprint density at radius 3 is 2.86 bits per heavy atom. The molecule has 3 heteroatoms. The van der Waals surface area contributed by atoms with Gasteiger partial charge in [-0.2, -0.15) is 0 Å². The fourth-order valence-electron chi connectivity index (χ4n) is 1.78. The zero-order chi connectivity index (χ0) is 10.3. The average Bonchev–Trinajstić information content (AvgIpc) is 2.06. The highest BCUT2D eigenvalue weighted by Gasteiger charge is 2.29. The first-order valence-electron chi connectivity index (χ1n) is 4.66. The minimum atomic E-state index is 0.182. The Hall–Kier alpha value is -0.150. The number of fused-ring (bicyclic) bond motifs is 1. The summed E-state index contributed by atoms with van der Waals surface area (Å²) in [6.07, 6.45) is 1.17. The fourth-order valence-corrected chi connectivity index (χ4v) is 3.74. The molecule has 1 aliphatic heterocycles. The second-order valence-electron chi connectivity index (χ2n) is 4.28. The van der Waals surface area contributed by atoms with E-state index < -0.39 is 0 Å². The molecule has 0 fully saturated rings. The van der Waals surface area contributed by atoms with Crippen LogP contribution in [0.1, 0.15) is 25.8 Å². The lowest BCUT2D eigenvalue weighted by Crippen LogP contribution is -2.22. The van der Waals surface area contributed by atoms with Crippen LogP contribution < -0.4 is 0 Å². The molecule has 1 heterocycles. The van der Waals surface area contributed by atoms with Crippen LogP contribution in [0.2, 0.25) is 0 Å². The van der Waals surface area contributed by atoms with Crippen molar-refractivity contribution in [2.24, 2.45) is 0 Å². The molecule has 1 aromatic carbocycles. The zero-order valence-corrected chi connectivity index (χ0v) is 10.7. The number of aromatic hydroxyl groups is 1. The molecule has 0 aliphatic carbocycles. The van der Waals surface area contributed by atoms with E-state index in [9.17, 15) is 5.11 Å². The third kappa shape index (κ3) is 1.68.